The van der Waals surface area contributed by atoms with Gasteiger partial charge in [-0.2, -0.15) is 0 Å². The summed E-state index contributed by atoms with van der Waals surface area (Å²) in [6.45, 7) is 2.05. The van der Waals surface area contributed by atoms with Gasteiger partial charge in [0.05, 0.1) is 24.5 Å². The number of phenolic OH excluding ortho intramolecular Hbond substituents is 1. The number of rotatable bonds is 12. The Labute approximate surface area is 229 Å². The van der Waals surface area contributed by atoms with E-state index in [9.17, 15) is 29.6 Å². The number of fused-ring (bicyclic) bond motifs is 3. The van der Waals surface area contributed by atoms with Crippen LogP contribution in [0.2, 0.25) is 6.32 Å². The van der Waals surface area contributed by atoms with E-state index in [1.165, 1.54) is 4.90 Å². The van der Waals surface area contributed by atoms with Crippen LogP contribution in [0.5, 0.6) is 5.75 Å². The summed E-state index contributed by atoms with van der Waals surface area (Å²) in [5.41, 5.74) is 3.38. The largest absolute Gasteiger partial charge is 0.507 e. The van der Waals surface area contributed by atoms with Crippen LogP contribution in [0.25, 0.3) is 6.08 Å². The number of amides is 2. The molecular formula is C29H38BNO8. The van der Waals surface area contributed by atoms with Crippen LogP contribution in [0.3, 0.4) is 0 Å². The van der Waals surface area contributed by atoms with Gasteiger partial charge >= 0.3 is 13.1 Å². The number of hydrogen-bond donors (Lipinski definition) is 4. The summed E-state index contributed by atoms with van der Waals surface area (Å²) in [4.78, 5) is 38.8. The first-order valence-corrected chi connectivity index (χ1v) is 14.0. The minimum Gasteiger partial charge on any atom is -0.507 e. The number of aliphatic hydroxyl groups excluding tert-OH is 1. The molecule has 1 aromatic carbocycles. The van der Waals surface area contributed by atoms with Crippen molar-refractivity contribution in [2.75, 3.05) is 13.2 Å². The lowest BCUT2D eigenvalue weighted by atomic mass is 9.58. The van der Waals surface area contributed by atoms with Gasteiger partial charge in [0.25, 0.3) is 0 Å². The average molecular weight is 539 g/mol. The number of unbranched alkanes of at least 4 members (excludes halogenated alkanes) is 2. The molecule has 1 aliphatic carbocycles. The number of aliphatic hydroxyl groups is 1. The van der Waals surface area contributed by atoms with Crippen molar-refractivity contribution in [3.63, 3.8) is 0 Å². The number of carboxylic acid groups (broad SMARTS) is 1. The number of para-hydroxylation sites is 1. The topological polar surface area (TPSA) is 145 Å². The molecule has 2 aliphatic heterocycles. The fraction of sp³-hybridized carbons (Fsp3) is 0.552. The molecule has 210 valence electrons. The zero-order chi connectivity index (χ0) is 28.1. The van der Waals surface area contributed by atoms with Gasteiger partial charge in [0.2, 0.25) is 11.8 Å². The van der Waals surface area contributed by atoms with E-state index in [0.29, 0.717) is 37.7 Å². The number of likely N-dealkylation sites (tertiary alicyclic amines) is 1. The standard InChI is InChI=1S/C29H38BNO8/c1-2-18(14-19-8-5-6-9-23(19)33)11-12-24-26-20(17-32)15-21-27(22(26)16-30(38)39-24)29(37)31(28(21)36)13-7-3-4-10-25(34)35/h5-6,8-9,14,21-22,24,27,32-33,38H,2-4,7,10-13,15-17H2,1H3,(H,34,35)/b18-14+/t21-,22+,24-,27-/m1/s1. The third kappa shape index (κ3) is 6.45. The van der Waals surface area contributed by atoms with Gasteiger partial charge in [0.15, 0.2) is 0 Å². The molecule has 0 bridgehead atoms. The number of allylic oxidation sites excluding steroid dienone is 1. The Morgan fingerprint density at radius 2 is 1.90 bits per heavy atom. The molecule has 2 amide bonds. The van der Waals surface area contributed by atoms with Crippen LogP contribution in [-0.2, 0) is 19.0 Å². The molecule has 3 aliphatic rings. The highest BCUT2D eigenvalue weighted by molar-refractivity contribution is 6.43. The lowest BCUT2D eigenvalue weighted by Crippen LogP contribution is -2.46. The maximum absolute atomic E-state index is 13.5. The molecule has 9 nitrogen and oxygen atoms in total. The van der Waals surface area contributed by atoms with Gasteiger partial charge in [-0.05, 0) is 68.0 Å². The average Bonchev–Trinajstić information content (AvgIpc) is 3.15. The summed E-state index contributed by atoms with van der Waals surface area (Å²) in [6, 6.07) is 7.11. The van der Waals surface area contributed by atoms with Gasteiger partial charge in [-0.1, -0.05) is 43.2 Å². The van der Waals surface area contributed by atoms with Crippen LogP contribution in [0.15, 0.2) is 41.0 Å². The molecule has 1 aromatic rings. The molecule has 4 atom stereocenters. The molecule has 4 rings (SSSR count). The number of phenols is 1. The number of benzene rings is 1. The Balaban J connectivity index is 1.50. The summed E-state index contributed by atoms with van der Waals surface area (Å²) in [5.74, 6) is -2.70. The van der Waals surface area contributed by atoms with Gasteiger partial charge in [-0.25, -0.2) is 0 Å². The van der Waals surface area contributed by atoms with E-state index >= 15 is 0 Å². The first kappa shape index (κ1) is 29.0. The Bertz CT molecular complexity index is 1150. The maximum atomic E-state index is 13.5. The highest BCUT2D eigenvalue weighted by atomic mass is 16.5. The summed E-state index contributed by atoms with van der Waals surface area (Å²) < 4.78 is 5.96. The molecule has 4 N–H and O–H groups in total. The van der Waals surface area contributed by atoms with Crippen molar-refractivity contribution >= 4 is 31.0 Å². The highest BCUT2D eigenvalue weighted by Crippen LogP contribution is 2.50. The number of nitrogens with zero attached hydrogens (tertiary/aromatic N) is 1. The lowest BCUT2D eigenvalue weighted by molar-refractivity contribution is -0.141. The van der Waals surface area contributed by atoms with Crippen molar-refractivity contribution in [2.45, 2.75) is 70.7 Å². The van der Waals surface area contributed by atoms with E-state index in [0.717, 1.165) is 23.1 Å². The van der Waals surface area contributed by atoms with Gasteiger partial charge in [-0.15, -0.1) is 0 Å². The van der Waals surface area contributed by atoms with E-state index in [1.807, 2.05) is 25.1 Å². The van der Waals surface area contributed by atoms with Crippen molar-refractivity contribution in [3.8, 4) is 5.75 Å². The Kier molecular flexibility index (Phi) is 9.64. The number of hydrogen-bond acceptors (Lipinski definition) is 7. The first-order chi connectivity index (χ1) is 18.7. The zero-order valence-electron chi connectivity index (χ0n) is 22.4. The smallest absolute Gasteiger partial charge is 0.455 e. The van der Waals surface area contributed by atoms with Gasteiger partial charge < -0.3 is 25.0 Å². The fourth-order valence-corrected chi connectivity index (χ4v) is 6.42. The Hall–Kier alpha value is -2.95. The van der Waals surface area contributed by atoms with E-state index in [-0.39, 0.29) is 55.8 Å². The molecule has 0 saturated carbocycles. The van der Waals surface area contributed by atoms with E-state index < -0.39 is 31.0 Å². The van der Waals surface area contributed by atoms with Crippen LogP contribution in [0, 0.1) is 17.8 Å². The van der Waals surface area contributed by atoms with Crippen LogP contribution in [0.4, 0.5) is 0 Å². The molecule has 0 aromatic heterocycles. The predicted molar refractivity (Wildman–Crippen MR) is 145 cm³/mol. The number of carbonyl (C=O) groups is 3. The molecule has 10 heteroatoms. The number of carboxylic acids is 1. The van der Waals surface area contributed by atoms with Crippen molar-refractivity contribution in [1.29, 1.82) is 0 Å². The normalized spacial score (nSPS) is 25.3. The summed E-state index contributed by atoms with van der Waals surface area (Å²) >= 11 is 0. The van der Waals surface area contributed by atoms with E-state index in [2.05, 4.69) is 0 Å². The van der Waals surface area contributed by atoms with Crippen LogP contribution in [0.1, 0.15) is 63.9 Å². The van der Waals surface area contributed by atoms with Gasteiger partial charge in [-0.3, -0.25) is 19.3 Å². The molecule has 2 fully saturated rings. The van der Waals surface area contributed by atoms with Crippen molar-refractivity contribution in [1.82, 2.24) is 4.90 Å². The second kappa shape index (κ2) is 12.9. The highest BCUT2D eigenvalue weighted by Gasteiger charge is 2.57. The third-order valence-corrected chi connectivity index (χ3v) is 8.34. The summed E-state index contributed by atoms with van der Waals surface area (Å²) in [5, 5.41) is 39.9. The second-order valence-corrected chi connectivity index (χ2v) is 10.8. The number of aliphatic carboxylic acids is 1. The minimum atomic E-state index is -1.08. The summed E-state index contributed by atoms with van der Waals surface area (Å²) in [7, 11) is -1.08. The van der Waals surface area contributed by atoms with Crippen LogP contribution < -0.4 is 0 Å². The molecule has 39 heavy (non-hydrogen) atoms. The SMILES string of the molecule is CC/C(=C\c1ccccc1O)CC[C@H]1OB(O)C[C@H]2C1=C(CO)C[C@H]1C(=O)N(CCCCCC(=O)O)C(=O)[C@H]12. The van der Waals surface area contributed by atoms with Gasteiger partial charge in [0, 0.05) is 18.5 Å². The van der Waals surface area contributed by atoms with Crippen LogP contribution >= 0.6 is 0 Å². The van der Waals surface area contributed by atoms with Crippen molar-refractivity contribution in [3.05, 3.63) is 46.5 Å². The molecule has 2 heterocycles. The third-order valence-electron chi connectivity index (χ3n) is 8.34. The molecular weight excluding hydrogens is 501 g/mol. The first-order valence-electron chi connectivity index (χ1n) is 14.0. The molecule has 0 spiro atoms. The fourth-order valence-electron chi connectivity index (χ4n) is 6.42. The predicted octanol–water partition coefficient (Wildman–Crippen LogP) is 3.40. The maximum Gasteiger partial charge on any atom is 0.455 e. The lowest BCUT2D eigenvalue weighted by Gasteiger charge is -2.43. The minimum absolute atomic E-state index is 0.0586. The zero-order valence-corrected chi connectivity index (χ0v) is 22.4. The van der Waals surface area contributed by atoms with Crippen molar-refractivity contribution < 1.29 is 39.4 Å². The molecule has 0 radical (unpaired) electrons. The van der Waals surface area contributed by atoms with E-state index in [1.54, 1.807) is 12.1 Å². The Morgan fingerprint density at radius 1 is 1.13 bits per heavy atom. The molecule has 2 saturated heterocycles. The number of carbonyl (C=O) groups excluding carboxylic acids is 2. The molecule has 0 unspecified atom stereocenters. The number of imide groups is 1. The van der Waals surface area contributed by atoms with Crippen LogP contribution in [-0.4, -0.2) is 69.4 Å². The number of aromatic hydroxyl groups is 1. The quantitative estimate of drug-likeness (QED) is 0.137. The Morgan fingerprint density at radius 3 is 2.59 bits per heavy atom. The van der Waals surface area contributed by atoms with Gasteiger partial charge in [0.1, 0.15) is 5.75 Å². The van der Waals surface area contributed by atoms with E-state index in [4.69, 9.17) is 9.76 Å². The monoisotopic (exact) mass is 539 g/mol. The second-order valence-electron chi connectivity index (χ2n) is 10.8. The van der Waals surface area contributed by atoms with Crippen molar-refractivity contribution in [2.24, 2.45) is 17.8 Å². The summed E-state index contributed by atoms with van der Waals surface area (Å²) in [6.07, 6.45) is 5.58.